The molecular formula is C24H36F2. The van der Waals surface area contributed by atoms with E-state index < -0.39 is 11.6 Å². The molecule has 2 aliphatic rings. The summed E-state index contributed by atoms with van der Waals surface area (Å²) in [6, 6.07) is 3.07. The summed E-state index contributed by atoms with van der Waals surface area (Å²) in [5.74, 6) is 1.13. The van der Waals surface area contributed by atoms with Gasteiger partial charge in [-0.05, 0) is 60.6 Å². The van der Waals surface area contributed by atoms with Crippen LogP contribution in [0, 0.1) is 29.4 Å². The number of aryl methyl sites for hydroxylation is 1. The number of hydrogen-bond acceptors (Lipinski definition) is 0. The zero-order valence-electron chi connectivity index (χ0n) is 16.5. The predicted octanol–water partition coefficient (Wildman–Crippen LogP) is 7.63. The van der Waals surface area contributed by atoms with Crippen molar-refractivity contribution < 1.29 is 8.78 Å². The maximum atomic E-state index is 14.1. The van der Waals surface area contributed by atoms with Crippen LogP contribution in [0.15, 0.2) is 12.1 Å². The van der Waals surface area contributed by atoms with Gasteiger partial charge in [-0.2, -0.15) is 0 Å². The van der Waals surface area contributed by atoms with Gasteiger partial charge in [0.15, 0.2) is 11.6 Å². The van der Waals surface area contributed by atoms with Gasteiger partial charge in [-0.25, -0.2) is 8.78 Å². The molecule has 3 rings (SSSR count). The van der Waals surface area contributed by atoms with Crippen LogP contribution in [0.4, 0.5) is 8.78 Å². The lowest BCUT2D eigenvalue weighted by Crippen LogP contribution is -2.19. The van der Waals surface area contributed by atoms with E-state index in [1.165, 1.54) is 76.7 Å². The Morgan fingerprint density at radius 2 is 1.50 bits per heavy atom. The van der Waals surface area contributed by atoms with E-state index >= 15 is 0 Å². The molecule has 1 fully saturated rings. The molecular weight excluding hydrogens is 326 g/mol. The third-order valence-electron chi connectivity index (χ3n) is 7.02. The molecule has 2 aliphatic carbocycles. The van der Waals surface area contributed by atoms with E-state index in [4.69, 9.17) is 0 Å². The molecule has 0 amide bonds. The number of rotatable bonds is 8. The summed E-state index contributed by atoms with van der Waals surface area (Å²) in [5.41, 5.74) is 1.70. The molecule has 26 heavy (non-hydrogen) atoms. The summed E-state index contributed by atoms with van der Waals surface area (Å²) in [6.07, 6.45) is 17.9. The van der Waals surface area contributed by atoms with E-state index in [0.29, 0.717) is 11.5 Å². The van der Waals surface area contributed by atoms with Crippen LogP contribution in [0.2, 0.25) is 0 Å². The molecule has 1 unspecified atom stereocenters. The average Bonchev–Trinajstić information content (AvgIpc) is 2.67. The van der Waals surface area contributed by atoms with Gasteiger partial charge in [0.05, 0.1) is 0 Å². The van der Waals surface area contributed by atoms with Crippen molar-refractivity contribution in [2.75, 3.05) is 0 Å². The van der Waals surface area contributed by atoms with Crippen LogP contribution in [-0.4, -0.2) is 0 Å². The molecule has 146 valence electrons. The highest BCUT2D eigenvalue weighted by atomic mass is 19.2. The Morgan fingerprint density at radius 3 is 2.23 bits per heavy atom. The normalized spacial score (nSPS) is 25.9. The molecule has 0 N–H and O–H groups in total. The summed E-state index contributed by atoms with van der Waals surface area (Å²) in [6.45, 7) is 2.28. The fourth-order valence-electron chi connectivity index (χ4n) is 5.22. The highest BCUT2D eigenvalue weighted by Gasteiger charge is 2.25. The van der Waals surface area contributed by atoms with Gasteiger partial charge in [-0.1, -0.05) is 77.2 Å². The zero-order valence-corrected chi connectivity index (χ0v) is 16.5. The van der Waals surface area contributed by atoms with Crippen LogP contribution in [0.3, 0.4) is 0 Å². The highest BCUT2D eigenvalue weighted by Crippen LogP contribution is 2.37. The van der Waals surface area contributed by atoms with E-state index in [9.17, 15) is 8.78 Å². The second-order valence-electron chi connectivity index (χ2n) is 8.92. The second kappa shape index (κ2) is 9.85. The Bertz CT molecular complexity index is 558. The van der Waals surface area contributed by atoms with Gasteiger partial charge in [0, 0.05) is 0 Å². The van der Waals surface area contributed by atoms with Crippen molar-refractivity contribution in [3.8, 4) is 0 Å². The minimum absolute atomic E-state index is 0.547. The Balaban J connectivity index is 1.37. The summed E-state index contributed by atoms with van der Waals surface area (Å²) in [7, 11) is 0. The topological polar surface area (TPSA) is 0 Å². The maximum absolute atomic E-state index is 14.1. The minimum atomic E-state index is -0.679. The molecule has 0 radical (unpaired) electrons. The lowest BCUT2D eigenvalue weighted by atomic mass is 9.75. The maximum Gasteiger partial charge on any atom is 0.162 e. The lowest BCUT2D eigenvalue weighted by Gasteiger charge is -2.31. The quantitative estimate of drug-likeness (QED) is 0.417. The number of hydrogen-bond donors (Lipinski definition) is 0. The van der Waals surface area contributed by atoms with Crippen molar-refractivity contribution >= 4 is 0 Å². The van der Waals surface area contributed by atoms with Crippen LogP contribution in [-0.2, 0) is 12.8 Å². The monoisotopic (exact) mass is 362 g/mol. The van der Waals surface area contributed by atoms with Crippen molar-refractivity contribution in [3.63, 3.8) is 0 Å². The molecule has 0 spiro atoms. The Labute approximate surface area is 158 Å². The van der Waals surface area contributed by atoms with Crippen molar-refractivity contribution in [1.82, 2.24) is 0 Å². The van der Waals surface area contributed by atoms with Crippen LogP contribution >= 0.6 is 0 Å². The summed E-state index contributed by atoms with van der Waals surface area (Å²) < 4.78 is 27.6. The molecule has 0 nitrogen and oxygen atoms in total. The highest BCUT2D eigenvalue weighted by molar-refractivity contribution is 5.32. The first-order valence-electron chi connectivity index (χ1n) is 11.1. The van der Waals surface area contributed by atoms with Gasteiger partial charge < -0.3 is 0 Å². The number of unbranched alkanes of at least 4 members (excludes halogenated alkanes) is 3. The molecule has 0 aliphatic heterocycles. The molecule has 1 aromatic carbocycles. The molecule has 0 saturated heterocycles. The van der Waals surface area contributed by atoms with Crippen LogP contribution in [0.25, 0.3) is 0 Å². The fraction of sp³-hybridized carbons (Fsp3) is 0.750. The molecule has 0 heterocycles. The summed E-state index contributed by atoms with van der Waals surface area (Å²) in [4.78, 5) is 0. The minimum Gasteiger partial charge on any atom is -0.204 e. The van der Waals surface area contributed by atoms with Crippen molar-refractivity contribution in [3.05, 3.63) is 34.9 Å². The summed E-state index contributed by atoms with van der Waals surface area (Å²) >= 11 is 0. The molecule has 1 saturated carbocycles. The van der Waals surface area contributed by atoms with Gasteiger partial charge in [-0.15, -0.1) is 0 Å². The van der Waals surface area contributed by atoms with Crippen LogP contribution in [0.5, 0.6) is 0 Å². The van der Waals surface area contributed by atoms with Crippen molar-refractivity contribution in [1.29, 1.82) is 0 Å². The zero-order chi connectivity index (χ0) is 18.4. The molecule has 1 atom stereocenters. The average molecular weight is 363 g/mol. The smallest absolute Gasteiger partial charge is 0.162 e. The summed E-state index contributed by atoms with van der Waals surface area (Å²) in [5, 5.41) is 0. The molecule has 0 bridgehead atoms. The van der Waals surface area contributed by atoms with Crippen LogP contribution < -0.4 is 0 Å². The Morgan fingerprint density at radius 1 is 0.808 bits per heavy atom. The van der Waals surface area contributed by atoms with Gasteiger partial charge in [-0.3, -0.25) is 0 Å². The van der Waals surface area contributed by atoms with E-state index in [1.807, 2.05) is 0 Å². The van der Waals surface area contributed by atoms with Crippen molar-refractivity contribution in [2.24, 2.45) is 17.8 Å². The SMILES string of the molecule is CCCCCCC1CCC(CCC2CCc3ccc(F)c(F)c3C2)CC1. The second-order valence-corrected chi connectivity index (χ2v) is 8.92. The van der Waals surface area contributed by atoms with E-state index in [-0.39, 0.29) is 0 Å². The van der Waals surface area contributed by atoms with E-state index in [1.54, 1.807) is 6.07 Å². The molecule has 1 aromatic rings. The van der Waals surface area contributed by atoms with Gasteiger partial charge in [0.25, 0.3) is 0 Å². The number of fused-ring (bicyclic) bond motifs is 1. The predicted molar refractivity (Wildman–Crippen MR) is 105 cm³/mol. The van der Waals surface area contributed by atoms with Gasteiger partial charge in [0.2, 0.25) is 0 Å². The first-order valence-corrected chi connectivity index (χ1v) is 11.1. The first kappa shape index (κ1) is 19.8. The van der Waals surface area contributed by atoms with Gasteiger partial charge in [0.1, 0.15) is 0 Å². The molecule has 0 aromatic heterocycles. The largest absolute Gasteiger partial charge is 0.204 e. The standard InChI is InChI=1S/C24H36F2/c1-2-3-4-5-6-18-7-9-19(10-8-18)11-12-20-13-14-21-15-16-23(25)24(26)22(21)17-20/h15-16,18-20H,2-14,17H2,1H3. The van der Waals surface area contributed by atoms with Crippen LogP contribution in [0.1, 0.15) is 95.1 Å². The first-order chi connectivity index (χ1) is 12.7. The molecule has 2 heteroatoms. The third-order valence-corrected chi connectivity index (χ3v) is 7.02. The van der Waals surface area contributed by atoms with E-state index in [2.05, 4.69) is 6.92 Å². The lowest BCUT2D eigenvalue weighted by molar-refractivity contribution is 0.233. The van der Waals surface area contributed by atoms with Crippen molar-refractivity contribution in [2.45, 2.75) is 96.8 Å². The third kappa shape index (κ3) is 5.30. The number of benzene rings is 1. The van der Waals surface area contributed by atoms with Gasteiger partial charge >= 0.3 is 0 Å². The number of halogens is 2. The van der Waals surface area contributed by atoms with E-state index in [0.717, 1.165) is 36.7 Å². The Hall–Kier alpha value is -0.920. The Kier molecular flexibility index (Phi) is 7.52. The fourth-order valence-corrected chi connectivity index (χ4v) is 5.22.